The monoisotopic (exact) mass is 558 g/mol. The van der Waals surface area contributed by atoms with Crippen molar-refractivity contribution in [3.8, 4) is 0 Å². The first-order chi connectivity index (χ1) is 14.1. The molecule has 184 valence electrons. The second kappa shape index (κ2) is 11.9. The van der Waals surface area contributed by atoms with Gasteiger partial charge in [0.2, 0.25) is 0 Å². The zero-order valence-corrected chi connectivity index (χ0v) is 18.9. The van der Waals surface area contributed by atoms with Gasteiger partial charge in [-0.3, -0.25) is 8.83 Å². The molecular weight excluding hydrogens is 536 g/mol. The van der Waals surface area contributed by atoms with Gasteiger partial charge in [0.25, 0.3) is 0 Å². The molecule has 8 atom stereocenters. The van der Waals surface area contributed by atoms with Crippen molar-refractivity contribution in [3.05, 3.63) is 11.8 Å². The first kappa shape index (κ1) is 31.1. The summed E-state index contributed by atoms with van der Waals surface area (Å²) >= 11 is 1.05. The van der Waals surface area contributed by atoms with Gasteiger partial charge in [-0.05, 0) is 0 Å². The van der Waals surface area contributed by atoms with Crippen molar-refractivity contribution in [2.75, 3.05) is 12.9 Å². The maximum atomic E-state index is 11.8. The number of rotatable bonds is 9. The number of nitrogens with one attached hydrogen (secondary N) is 1. The van der Waals surface area contributed by atoms with Crippen molar-refractivity contribution >= 4 is 65.0 Å². The molecule has 0 spiro atoms. The Balaban J connectivity index is 0.00000512. The summed E-state index contributed by atoms with van der Waals surface area (Å²) in [6, 6.07) is 0. The number of phosphoric ester groups is 1. The summed E-state index contributed by atoms with van der Waals surface area (Å²) in [5.41, 5.74) is -0.00738. The molecule has 0 aliphatic carbocycles. The van der Waals surface area contributed by atoms with E-state index in [1.165, 1.54) is 10.5 Å². The molecule has 1 fully saturated rings. The van der Waals surface area contributed by atoms with E-state index in [4.69, 9.17) is 19.4 Å². The molecule has 17 nitrogen and oxygen atoms in total. The van der Waals surface area contributed by atoms with Gasteiger partial charge < -0.3 is 44.7 Å². The summed E-state index contributed by atoms with van der Waals surface area (Å²) in [6.07, 6.45) is -6.14. The van der Waals surface area contributed by atoms with Crippen LogP contribution in [0.25, 0.3) is 0 Å². The van der Waals surface area contributed by atoms with Gasteiger partial charge in [-0.25, -0.2) is 19.0 Å². The van der Waals surface area contributed by atoms with E-state index in [-0.39, 0.29) is 35.1 Å². The van der Waals surface area contributed by atoms with Crippen LogP contribution < -0.4 is 5.32 Å². The van der Waals surface area contributed by atoms with Crippen LogP contribution in [0.1, 0.15) is 0 Å². The predicted octanol–water partition coefficient (Wildman–Crippen LogP) is -3.17. The van der Waals surface area contributed by atoms with Crippen molar-refractivity contribution in [1.29, 1.82) is 0 Å². The van der Waals surface area contributed by atoms with E-state index in [0.29, 0.717) is 0 Å². The minimum absolute atomic E-state index is 0. The molecule has 0 aromatic rings. The Kier molecular flexibility index (Phi) is 11.5. The summed E-state index contributed by atoms with van der Waals surface area (Å²) in [5.74, 6) is 0. The first-order valence-corrected chi connectivity index (χ1v) is 13.7. The molecule has 2 aliphatic rings. The number of aliphatic hydroxyl groups is 4. The van der Waals surface area contributed by atoms with Crippen LogP contribution in [-0.4, -0.2) is 124 Å². The second-order valence-electron chi connectivity index (χ2n) is 6.08. The molecule has 2 heterocycles. The van der Waals surface area contributed by atoms with Crippen molar-refractivity contribution in [2.24, 2.45) is 0 Å². The fraction of sp³-hybridized carbons (Fsp3) is 0.800. The van der Waals surface area contributed by atoms with Crippen LogP contribution >= 0.6 is 35.4 Å². The Labute approximate surface area is 207 Å². The quantitative estimate of drug-likeness (QED) is 0.0767. The molecule has 2 aliphatic heterocycles. The fourth-order valence-corrected chi connectivity index (χ4v) is 6.13. The average Bonchev–Trinajstić information content (AvgIpc) is 2.85. The Morgan fingerprint density at radius 3 is 2.19 bits per heavy atom. The molecule has 4 unspecified atom stereocenters. The van der Waals surface area contributed by atoms with Gasteiger partial charge in [0.15, 0.2) is 6.35 Å². The van der Waals surface area contributed by atoms with E-state index in [1.807, 2.05) is 0 Å². The molecule has 0 aromatic carbocycles. The van der Waals surface area contributed by atoms with Gasteiger partial charge in [-0.15, -0.1) is 0 Å². The molecule has 0 radical (unpaired) electrons. The molecular formula is C10H22N2NaO15P3S. The van der Waals surface area contributed by atoms with E-state index in [0.717, 1.165) is 11.9 Å². The van der Waals surface area contributed by atoms with Crippen molar-refractivity contribution in [1.82, 2.24) is 9.62 Å². The third-order valence-electron chi connectivity index (χ3n) is 3.86. The van der Waals surface area contributed by atoms with Crippen LogP contribution in [0.4, 0.5) is 0 Å². The SMILES string of the molecule is CSN1C=C([C@@H]2O[C@H](COP(=O)(O)OP(=O)(O)OP(=O)(O)O)[C@@H](O)[C@H]2O)C(O)NC1O.[NaH]. The van der Waals surface area contributed by atoms with Crippen molar-refractivity contribution in [2.45, 2.75) is 37.0 Å². The van der Waals surface area contributed by atoms with Gasteiger partial charge in [0, 0.05) is 18.0 Å². The number of nitrogens with zero attached hydrogens (tertiary/aromatic N) is 1. The maximum absolute atomic E-state index is 11.8. The molecule has 0 amide bonds. The number of hydrogen-bond donors (Lipinski definition) is 9. The zero-order valence-electron chi connectivity index (χ0n) is 15.4. The van der Waals surface area contributed by atoms with Crippen LogP contribution in [0.15, 0.2) is 11.8 Å². The van der Waals surface area contributed by atoms with Gasteiger partial charge in [0.1, 0.15) is 30.6 Å². The van der Waals surface area contributed by atoms with Gasteiger partial charge in [-0.2, -0.15) is 8.62 Å². The van der Waals surface area contributed by atoms with Gasteiger partial charge >= 0.3 is 53.0 Å². The Morgan fingerprint density at radius 2 is 1.66 bits per heavy atom. The first-order valence-electron chi connectivity index (χ1n) is 8.01. The number of phosphoric acid groups is 3. The van der Waals surface area contributed by atoms with Crippen LogP contribution in [0.2, 0.25) is 0 Å². The Hall–Kier alpha value is 1.06. The van der Waals surface area contributed by atoms with Crippen molar-refractivity contribution < 1.29 is 71.6 Å². The Morgan fingerprint density at radius 1 is 1.06 bits per heavy atom. The number of aliphatic hydroxyl groups excluding tert-OH is 4. The van der Waals surface area contributed by atoms with Crippen LogP contribution in [0.3, 0.4) is 0 Å². The molecule has 32 heavy (non-hydrogen) atoms. The van der Waals surface area contributed by atoms with Crippen LogP contribution in [0.5, 0.6) is 0 Å². The van der Waals surface area contributed by atoms with Gasteiger partial charge in [0.05, 0.1) is 6.61 Å². The van der Waals surface area contributed by atoms with Crippen LogP contribution in [0, 0.1) is 0 Å². The zero-order chi connectivity index (χ0) is 23.8. The third-order valence-corrected chi connectivity index (χ3v) is 8.39. The standard InChI is InChI=1S/C10H21N2O15P3S.Na.H/c1-31-12-2-4(9(15)11-10(12)16)8-7(14)6(13)5(25-8)3-24-29(20,21)27-30(22,23)26-28(17,18)19;;/h2,5-11,13-16H,3H2,1H3,(H,20,21)(H,22,23)(H2,17,18,19);;/t5-,6-,7-,8+,9?,10?;;/m1../s1. The predicted molar refractivity (Wildman–Crippen MR) is 106 cm³/mol. The fourth-order valence-electron chi connectivity index (χ4n) is 2.61. The molecule has 0 aromatic heterocycles. The summed E-state index contributed by atoms with van der Waals surface area (Å²) in [5, 5.41) is 42.5. The molecule has 0 saturated carbocycles. The van der Waals surface area contributed by atoms with E-state index >= 15 is 0 Å². The summed E-state index contributed by atoms with van der Waals surface area (Å²) in [6.45, 7) is -0.996. The van der Waals surface area contributed by atoms with E-state index in [1.54, 1.807) is 6.26 Å². The summed E-state index contributed by atoms with van der Waals surface area (Å²) in [4.78, 5) is 35.5. The van der Waals surface area contributed by atoms with E-state index in [2.05, 4.69) is 18.5 Å². The van der Waals surface area contributed by atoms with Gasteiger partial charge in [-0.1, -0.05) is 11.9 Å². The molecule has 2 rings (SSSR count). The summed E-state index contributed by atoms with van der Waals surface area (Å²) < 4.78 is 51.7. The normalized spacial score (nSPS) is 34.9. The number of ether oxygens (including phenoxy) is 1. The van der Waals surface area contributed by atoms with E-state index < -0.39 is 67.1 Å². The molecule has 0 bridgehead atoms. The molecule has 1 saturated heterocycles. The third kappa shape index (κ3) is 8.62. The topological polar surface area (TPSA) is 265 Å². The average molecular weight is 558 g/mol. The molecule has 9 N–H and O–H groups in total. The van der Waals surface area contributed by atoms with E-state index in [9.17, 15) is 39.0 Å². The second-order valence-corrected chi connectivity index (χ2v) is 11.3. The molecule has 22 heteroatoms. The minimum atomic E-state index is -5.72. The van der Waals surface area contributed by atoms with Crippen molar-refractivity contribution in [3.63, 3.8) is 0 Å². The van der Waals surface area contributed by atoms with Crippen LogP contribution in [-0.2, 0) is 31.6 Å². The Bertz CT molecular complexity index is 829. The summed E-state index contributed by atoms with van der Waals surface area (Å²) in [7, 11) is -16.7. The number of hydrogen-bond acceptors (Lipinski definition) is 14.